The summed E-state index contributed by atoms with van der Waals surface area (Å²) in [4.78, 5) is 26.5. The van der Waals surface area contributed by atoms with Gasteiger partial charge in [-0.15, -0.1) is 11.3 Å². The first kappa shape index (κ1) is 19.7. The minimum Gasteiger partial charge on any atom is -0.444 e. The van der Waals surface area contributed by atoms with Crippen LogP contribution in [0.5, 0.6) is 0 Å². The molecule has 2 atom stereocenters. The van der Waals surface area contributed by atoms with E-state index < -0.39 is 17.8 Å². The van der Waals surface area contributed by atoms with Gasteiger partial charge in [-0.2, -0.15) is 0 Å². The van der Waals surface area contributed by atoms with Crippen molar-refractivity contribution in [1.82, 2.24) is 10.2 Å². The number of nitrogens with zero attached hydrogens (tertiary/aromatic N) is 1. The molecule has 2 unspecified atom stereocenters. The van der Waals surface area contributed by atoms with E-state index >= 15 is 0 Å². The number of ether oxygens (including phenoxy) is 1. The molecule has 0 saturated carbocycles. The molecule has 2 rings (SSSR count). The summed E-state index contributed by atoms with van der Waals surface area (Å²) in [6.45, 7) is 10.1. The van der Waals surface area contributed by atoms with Gasteiger partial charge in [-0.05, 0) is 57.5 Å². The highest BCUT2D eigenvalue weighted by Gasteiger charge is 2.37. The number of hydrogen-bond donors (Lipinski definition) is 2. The van der Waals surface area contributed by atoms with Crippen LogP contribution in [0.25, 0.3) is 0 Å². The maximum Gasteiger partial charge on any atom is 0.407 e. The SMILES string of the molecule is Cc1csc(C(O)C2CCC(=O)N2CCNC(=O)OC(C)(C)C)c1C. The van der Waals surface area contributed by atoms with E-state index in [1.807, 2.05) is 19.2 Å². The number of amides is 2. The first-order valence-electron chi connectivity index (χ1n) is 8.59. The van der Waals surface area contributed by atoms with Crippen molar-refractivity contribution in [2.24, 2.45) is 0 Å². The third-order valence-electron chi connectivity index (χ3n) is 4.35. The summed E-state index contributed by atoms with van der Waals surface area (Å²) in [7, 11) is 0. The third kappa shape index (κ3) is 4.95. The standard InChI is InChI=1S/C18H28N2O4S/c1-11-10-25-16(12(11)2)15(22)13-6-7-14(21)20(13)9-8-19-17(23)24-18(3,4)5/h10,13,15,22H,6-9H2,1-5H3,(H,19,23). The number of aryl methyl sites for hydroxylation is 1. The van der Waals surface area contributed by atoms with Crippen LogP contribution in [0.1, 0.15) is 55.7 Å². The van der Waals surface area contributed by atoms with Gasteiger partial charge in [0.2, 0.25) is 5.91 Å². The molecule has 0 aliphatic carbocycles. The number of alkyl carbamates (subject to hydrolysis) is 1. The van der Waals surface area contributed by atoms with Gasteiger partial charge >= 0.3 is 6.09 Å². The molecule has 2 N–H and O–H groups in total. The fraction of sp³-hybridized carbons (Fsp3) is 0.667. The van der Waals surface area contributed by atoms with Crippen molar-refractivity contribution >= 4 is 23.3 Å². The molecule has 25 heavy (non-hydrogen) atoms. The number of aliphatic hydroxyl groups excluding tert-OH is 1. The van der Waals surface area contributed by atoms with Crippen molar-refractivity contribution in [3.63, 3.8) is 0 Å². The molecule has 7 heteroatoms. The van der Waals surface area contributed by atoms with Gasteiger partial charge in [-0.3, -0.25) is 4.79 Å². The molecule has 2 heterocycles. The zero-order valence-corrected chi connectivity index (χ0v) is 16.4. The van der Waals surface area contributed by atoms with Crippen LogP contribution >= 0.6 is 11.3 Å². The molecule has 0 spiro atoms. The molecule has 2 amide bonds. The summed E-state index contributed by atoms with van der Waals surface area (Å²) in [6, 6.07) is -0.246. The van der Waals surface area contributed by atoms with E-state index in [9.17, 15) is 14.7 Å². The molecule has 1 aliphatic heterocycles. The monoisotopic (exact) mass is 368 g/mol. The number of carbonyl (C=O) groups excluding carboxylic acids is 2. The Morgan fingerprint density at radius 3 is 2.72 bits per heavy atom. The molecular weight excluding hydrogens is 340 g/mol. The lowest BCUT2D eigenvalue weighted by Gasteiger charge is -2.29. The average molecular weight is 368 g/mol. The summed E-state index contributed by atoms with van der Waals surface area (Å²) < 4.78 is 5.19. The normalized spacial score (nSPS) is 19.2. The van der Waals surface area contributed by atoms with Crippen molar-refractivity contribution in [2.75, 3.05) is 13.1 Å². The second kappa shape index (κ2) is 7.74. The van der Waals surface area contributed by atoms with Crippen molar-refractivity contribution in [3.8, 4) is 0 Å². The Morgan fingerprint density at radius 2 is 2.16 bits per heavy atom. The van der Waals surface area contributed by atoms with Gasteiger partial charge in [-0.25, -0.2) is 4.79 Å². The van der Waals surface area contributed by atoms with Crippen LogP contribution in [0.3, 0.4) is 0 Å². The Morgan fingerprint density at radius 1 is 1.48 bits per heavy atom. The van der Waals surface area contributed by atoms with Crippen LogP contribution < -0.4 is 5.32 Å². The summed E-state index contributed by atoms with van der Waals surface area (Å²) in [5, 5.41) is 15.5. The zero-order chi connectivity index (χ0) is 18.8. The zero-order valence-electron chi connectivity index (χ0n) is 15.6. The summed E-state index contributed by atoms with van der Waals surface area (Å²) in [5.41, 5.74) is 1.69. The van der Waals surface area contributed by atoms with Gasteiger partial charge in [0, 0.05) is 24.4 Å². The lowest BCUT2D eigenvalue weighted by molar-refractivity contribution is -0.130. The predicted octanol–water partition coefficient (Wildman–Crippen LogP) is 2.91. The lowest BCUT2D eigenvalue weighted by Crippen LogP contribution is -2.43. The van der Waals surface area contributed by atoms with Gasteiger partial charge < -0.3 is 20.1 Å². The molecule has 0 radical (unpaired) electrons. The number of nitrogens with one attached hydrogen (secondary N) is 1. The van der Waals surface area contributed by atoms with Gasteiger partial charge in [0.25, 0.3) is 0 Å². The maximum atomic E-state index is 12.2. The number of carbonyl (C=O) groups is 2. The third-order valence-corrected chi connectivity index (χ3v) is 5.63. The second-order valence-electron chi connectivity index (χ2n) is 7.47. The van der Waals surface area contributed by atoms with E-state index in [0.717, 1.165) is 16.0 Å². The summed E-state index contributed by atoms with van der Waals surface area (Å²) >= 11 is 1.53. The van der Waals surface area contributed by atoms with Crippen LogP contribution in [0.4, 0.5) is 4.79 Å². The van der Waals surface area contributed by atoms with Crippen molar-refractivity contribution in [1.29, 1.82) is 0 Å². The molecule has 1 saturated heterocycles. The van der Waals surface area contributed by atoms with Crippen LogP contribution in [-0.2, 0) is 9.53 Å². The molecule has 1 aromatic heterocycles. The van der Waals surface area contributed by atoms with E-state index in [1.54, 1.807) is 25.7 Å². The highest BCUT2D eigenvalue weighted by atomic mass is 32.1. The molecule has 1 fully saturated rings. The summed E-state index contributed by atoms with van der Waals surface area (Å²) in [6.07, 6.45) is -0.131. The Hall–Kier alpha value is -1.60. The predicted molar refractivity (Wildman–Crippen MR) is 97.7 cm³/mol. The molecular formula is C18H28N2O4S. The Kier molecular flexibility index (Phi) is 6.11. The van der Waals surface area contributed by atoms with Crippen molar-refractivity contribution < 1.29 is 19.4 Å². The molecule has 1 aromatic rings. The van der Waals surface area contributed by atoms with Crippen LogP contribution in [0, 0.1) is 13.8 Å². The van der Waals surface area contributed by atoms with E-state index in [2.05, 4.69) is 5.32 Å². The molecule has 140 valence electrons. The number of likely N-dealkylation sites (tertiary alicyclic amines) is 1. The lowest BCUT2D eigenvalue weighted by atomic mass is 10.0. The van der Waals surface area contributed by atoms with Crippen molar-refractivity contribution in [3.05, 3.63) is 21.4 Å². The highest BCUT2D eigenvalue weighted by molar-refractivity contribution is 7.10. The molecule has 1 aliphatic rings. The maximum absolute atomic E-state index is 12.2. The molecule has 0 aromatic carbocycles. The molecule has 0 bridgehead atoms. The first-order valence-corrected chi connectivity index (χ1v) is 9.47. The van der Waals surface area contributed by atoms with Gasteiger partial charge in [-0.1, -0.05) is 0 Å². The van der Waals surface area contributed by atoms with E-state index in [4.69, 9.17) is 4.74 Å². The highest BCUT2D eigenvalue weighted by Crippen LogP contribution is 2.35. The largest absolute Gasteiger partial charge is 0.444 e. The number of aliphatic hydroxyl groups is 1. The number of rotatable bonds is 5. The van der Waals surface area contributed by atoms with E-state index in [1.165, 1.54) is 11.3 Å². The van der Waals surface area contributed by atoms with Crippen molar-refractivity contribution in [2.45, 2.75) is 65.2 Å². The smallest absolute Gasteiger partial charge is 0.407 e. The van der Waals surface area contributed by atoms with Crippen LogP contribution in [-0.4, -0.2) is 46.7 Å². The van der Waals surface area contributed by atoms with Crippen LogP contribution in [0.15, 0.2) is 5.38 Å². The number of hydrogen-bond acceptors (Lipinski definition) is 5. The Balaban J connectivity index is 1.95. The van der Waals surface area contributed by atoms with Gasteiger partial charge in [0.05, 0.1) is 6.04 Å². The topological polar surface area (TPSA) is 78.9 Å². The van der Waals surface area contributed by atoms with E-state index in [0.29, 0.717) is 25.9 Å². The van der Waals surface area contributed by atoms with Gasteiger partial charge in [0.1, 0.15) is 11.7 Å². The summed E-state index contributed by atoms with van der Waals surface area (Å²) in [5.74, 6) is 0.0148. The minimum absolute atomic E-state index is 0.0148. The fourth-order valence-corrected chi connectivity index (χ4v) is 4.07. The van der Waals surface area contributed by atoms with Crippen LogP contribution in [0.2, 0.25) is 0 Å². The Bertz CT molecular complexity index is 636. The number of thiophene rings is 1. The first-order chi connectivity index (χ1) is 11.6. The minimum atomic E-state index is -0.688. The Labute approximate surface area is 153 Å². The second-order valence-corrected chi connectivity index (χ2v) is 8.39. The quantitative estimate of drug-likeness (QED) is 0.838. The van der Waals surface area contributed by atoms with Gasteiger partial charge in [0.15, 0.2) is 0 Å². The van der Waals surface area contributed by atoms with E-state index in [-0.39, 0.29) is 11.9 Å². The fourth-order valence-electron chi connectivity index (χ4n) is 2.96. The molecule has 6 nitrogen and oxygen atoms in total. The average Bonchev–Trinajstić information content (AvgIpc) is 3.01.